The molecule has 26 heavy (non-hydrogen) atoms. The first-order valence-corrected chi connectivity index (χ1v) is 8.62. The van der Waals surface area contributed by atoms with E-state index in [0.717, 1.165) is 29.1 Å². The Bertz CT molecular complexity index is 929. The molecule has 2 heterocycles. The maximum absolute atomic E-state index is 8.96. The SMILES string of the molecule is N#Cc1cccc(CNC[C@@H]2Cn3nnc(-c4ccccc4)c3CO2)c1. The predicted molar refractivity (Wildman–Crippen MR) is 96.9 cm³/mol. The monoisotopic (exact) mass is 345 g/mol. The summed E-state index contributed by atoms with van der Waals surface area (Å²) in [6, 6.07) is 19.8. The molecule has 6 heteroatoms. The lowest BCUT2D eigenvalue weighted by Crippen LogP contribution is -2.36. The highest BCUT2D eigenvalue weighted by Crippen LogP contribution is 2.24. The van der Waals surface area contributed by atoms with E-state index in [-0.39, 0.29) is 6.10 Å². The summed E-state index contributed by atoms with van der Waals surface area (Å²) < 4.78 is 7.93. The third-order valence-corrected chi connectivity index (χ3v) is 4.47. The van der Waals surface area contributed by atoms with E-state index >= 15 is 0 Å². The molecule has 1 aliphatic rings. The van der Waals surface area contributed by atoms with Crippen molar-refractivity contribution in [1.82, 2.24) is 20.3 Å². The highest BCUT2D eigenvalue weighted by molar-refractivity contribution is 5.61. The van der Waals surface area contributed by atoms with Crippen LogP contribution in [0.15, 0.2) is 54.6 Å². The molecule has 1 N–H and O–H groups in total. The molecule has 0 bridgehead atoms. The van der Waals surface area contributed by atoms with Crippen LogP contribution in [0.2, 0.25) is 0 Å². The van der Waals surface area contributed by atoms with E-state index in [0.29, 0.717) is 25.3 Å². The van der Waals surface area contributed by atoms with Gasteiger partial charge in [0.05, 0.1) is 36.6 Å². The van der Waals surface area contributed by atoms with E-state index in [1.807, 2.05) is 59.3 Å². The van der Waals surface area contributed by atoms with Gasteiger partial charge in [-0.3, -0.25) is 0 Å². The molecule has 0 amide bonds. The van der Waals surface area contributed by atoms with Crippen molar-refractivity contribution >= 4 is 0 Å². The Kier molecular flexibility index (Phi) is 4.73. The van der Waals surface area contributed by atoms with E-state index in [1.165, 1.54) is 0 Å². The van der Waals surface area contributed by atoms with Crippen molar-refractivity contribution in [3.63, 3.8) is 0 Å². The fourth-order valence-corrected chi connectivity index (χ4v) is 3.14. The minimum atomic E-state index is 0.0481. The molecule has 0 fully saturated rings. The van der Waals surface area contributed by atoms with Crippen LogP contribution in [0, 0.1) is 11.3 Å². The van der Waals surface area contributed by atoms with Gasteiger partial charge in [0, 0.05) is 18.7 Å². The van der Waals surface area contributed by atoms with E-state index in [2.05, 4.69) is 21.7 Å². The van der Waals surface area contributed by atoms with Gasteiger partial charge in [-0.25, -0.2) is 4.68 Å². The molecule has 1 atom stereocenters. The van der Waals surface area contributed by atoms with Crippen LogP contribution in [0.3, 0.4) is 0 Å². The van der Waals surface area contributed by atoms with Gasteiger partial charge in [-0.05, 0) is 17.7 Å². The van der Waals surface area contributed by atoms with Crippen molar-refractivity contribution in [3.05, 3.63) is 71.4 Å². The van der Waals surface area contributed by atoms with Crippen molar-refractivity contribution in [2.45, 2.75) is 25.8 Å². The number of nitriles is 1. The summed E-state index contributed by atoms with van der Waals surface area (Å²) in [5.41, 5.74) is 4.75. The maximum Gasteiger partial charge on any atom is 0.118 e. The molecule has 0 spiro atoms. The summed E-state index contributed by atoms with van der Waals surface area (Å²) >= 11 is 0. The van der Waals surface area contributed by atoms with Crippen LogP contribution >= 0.6 is 0 Å². The summed E-state index contributed by atoms with van der Waals surface area (Å²) in [4.78, 5) is 0. The highest BCUT2D eigenvalue weighted by atomic mass is 16.5. The molecule has 0 aliphatic carbocycles. The Balaban J connectivity index is 1.36. The summed E-state index contributed by atoms with van der Waals surface area (Å²) in [7, 11) is 0. The molecule has 0 saturated heterocycles. The van der Waals surface area contributed by atoms with Gasteiger partial charge < -0.3 is 10.1 Å². The largest absolute Gasteiger partial charge is 0.369 e. The van der Waals surface area contributed by atoms with Gasteiger partial charge in [0.25, 0.3) is 0 Å². The molecule has 0 saturated carbocycles. The van der Waals surface area contributed by atoms with Crippen molar-refractivity contribution in [3.8, 4) is 17.3 Å². The van der Waals surface area contributed by atoms with Gasteiger partial charge >= 0.3 is 0 Å². The molecule has 6 nitrogen and oxygen atoms in total. The number of nitrogens with zero attached hydrogens (tertiary/aromatic N) is 4. The van der Waals surface area contributed by atoms with Crippen LogP contribution in [0.4, 0.5) is 0 Å². The number of benzene rings is 2. The molecule has 1 aromatic heterocycles. The molecule has 2 aromatic carbocycles. The van der Waals surface area contributed by atoms with Gasteiger partial charge in [0.15, 0.2) is 0 Å². The molecule has 130 valence electrons. The Labute approximate surface area is 152 Å². The Morgan fingerprint density at radius 1 is 1.19 bits per heavy atom. The maximum atomic E-state index is 8.96. The minimum absolute atomic E-state index is 0.0481. The van der Waals surface area contributed by atoms with Gasteiger partial charge in [-0.15, -0.1) is 5.10 Å². The lowest BCUT2D eigenvalue weighted by molar-refractivity contribution is 0.00125. The fourth-order valence-electron chi connectivity index (χ4n) is 3.14. The number of nitrogens with one attached hydrogen (secondary N) is 1. The number of aromatic nitrogens is 3. The Morgan fingerprint density at radius 3 is 2.92 bits per heavy atom. The molecular weight excluding hydrogens is 326 g/mol. The first-order chi connectivity index (χ1) is 12.8. The second-order valence-corrected chi connectivity index (χ2v) is 6.31. The Morgan fingerprint density at radius 2 is 2.08 bits per heavy atom. The van der Waals surface area contributed by atoms with Crippen LogP contribution in [0.25, 0.3) is 11.3 Å². The Hall–Kier alpha value is -3.01. The zero-order valence-corrected chi connectivity index (χ0v) is 14.3. The summed E-state index contributed by atoms with van der Waals surface area (Å²) in [6.45, 7) is 2.61. The topological polar surface area (TPSA) is 75.8 Å². The van der Waals surface area contributed by atoms with Gasteiger partial charge in [-0.2, -0.15) is 5.26 Å². The normalized spacial score (nSPS) is 16.0. The molecule has 3 aromatic rings. The summed E-state index contributed by atoms with van der Waals surface area (Å²) in [5, 5.41) is 21.0. The number of hydrogen-bond acceptors (Lipinski definition) is 5. The lowest BCUT2D eigenvalue weighted by atomic mass is 10.1. The van der Waals surface area contributed by atoms with E-state index in [1.54, 1.807) is 0 Å². The van der Waals surface area contributed by atoms with Crippen LogP contribution in [-0.4, -0.2) is 27.6 Å². The molecular formula is C20H19N5O. The molecule has 0 unspecified atom stereocenters. The third kappa shape index (κ3) is 3.49. The zero-order chi connectivity index (χ0) is 17.8. The van der Waals surface area contributed by atoms with Crippen molar-refractivity contribution < 1.29 is 4.74 Å². The van der Waals surface area contributed by atoms with Crippen LogP contribution in [0.1, 0.15) is 16.8 Å². The van der Waals surface area contributed by atoms with Crippen LogP contribution in [-0.2, 0) is 24.4 Å². The number of ether oxygens (including phenoxy) is 1. The quantitative estimate of drug-likeness (QED) is 0.769. The van der Waals surface area contributed by atoms with Gasteiger partial charge in [0.1, 0.15) is 5.69 Å². The third-order valence-electron chi connectivity index (χ3n) is 4.47. The molecule has 4 rings (SSSR count). The predicted octanol–water partition coefficient (Wildman–Crippen LogP) is 2.51. The molecule has 1 aliphatic heterocycles. The van der Waals surface area contributed by atoms with Crippen LogP contribution in [0.5, 0.6) is 0 Å². The highest BCUT2D eigenvalue weighted by Gasteiger charge is 2.24. The average Bonchev–Trinajstić information content (AvgIpc) is 3.12. The van der Waals surface area contributed by atoms with Crippen molar-refractivity contribution in [2.24, 2.45) is 0 Å². The van der Waals surface area contributed by atoms with Gasteiger partial charge in [-0.1, -0.05) is 47.7 Å². The second kappa shape index (κ2) is 7.48. The summed E-state index contributed by atoms with van der Waals surface area (Å²) in [5.74, 6) is 0. The minimum Gasteiger partial charge on any atom is -0.369 e. The molecule has 0 radical (unpaired) electrons. The average molecular weight is 345 g/mol. The summed E-state index contributed by atoms with van der Waals surface area (Å²) in [6.07, 6.45) is 0.0481. The van der Waals surface area contributed by atoms with Crippen molar-refractivity contribution in [1.29, 1.82) is 5.26 Å². The number of fused-ring (bicyclic) bond motifs is 1. The van der Waals surface area contributed by atoms with E-state index < -0.39 is 0 Å². The standard InChI is InChI=1S/C20H19N5O/c21-10-15-5-4-6-16(9-15)11-22-12-18-13-25-19(14-26-18)20(23-24-25)17-7-2-1-3-8-17/h1-9,18,22H,11-14H2/t18-/m1/s1. The smallest absolute Gasteiger partial charge is 0.118 e. The fraction of sp³-hybridized carbons (Fsp3) is 0.250. The lowest BCUT2D eigenvalue weighted by Gasteiger charge is -2.24. The van der Waals surface area contributed by atoms with Gasteiger partial charge in [0.2, 0.25) is 0 Å². The zero-order valence-electron chi connectivity index (χ0n) is 14.3. The van der Waals surface area contributed by atoms with E-state index in [4.69, 9.17) is 10.00 Å². The number of rotatable bonds is 5. The second-order valence-electron chi connectivity index (χ2n) is 6.31. The van der Waals surface area contributed by atoms with Crippen LogP contribution < -0.4 is 5.32 Å². The first kappa shape index (κ1) is 16.5. The van der Waals surface area contributed by atoms with E-state index in [9.17, 15) is 0 Å². The number of hydrogen-bond donors (Lipinski definition) is 1. The first-order valence-electron chi connectivity index (χ1n) is 8.62. The van der Waals surface area contributed by atoms with Crippen molar-refractivity contribution in [2.75, 3.05) is 6.54 Å².